The van der Waals surface area contributed by atoms with Crippen LogP contribution in [0.1, 0.15) is 20.3 Å². The molecule has 5 nitrogen and oxygen atoms in total. The van der Waals surface area contributed by atoms with E-state index in [0.29, 0.717) is 23.6 Å². The predicted molar refractivity (Wildman–Crippen MR) is 80.6 cm³/mol. The summed E-state index contributed by atoms with van der Waals surface area (Å²) in [6, 6.07) is 5.34. The van der Waals surface area contributed by atoms with Gasteiger partial charge in [-0.3, -0.25) is 4.79 Å². The van der Waals surface area contributed by atoms with E-state index in [0.717, 1.165) is 19.6 Å². The minimum atomic E-state index is 0.00381. The van der Waals surface area contributed by atoms with Gasteiger partial charge in [0.25, 0.3) is 0 Å². The molecule has 0 saturated heterocycles. The number of nitrogens with zero attached hydrogens (tertiary/aromatic N) is 1. The van der Waals surface area contributed by atoms with E-state index < -0.39 is 0 Å². The Kier molecular flexibility index (Phi) is 6.87. The molecule has 0 heterocycles. The molecule has 1 rings (SSSR count). The first-order valence-electron chi connectivity index (χ1n) is 6.88. The highest BCUT2D eigenvalue weighted by atomic mass is 16.5. The predicted octanol–water partition coefficient (Wildman–Crippen LogP) is 2.37. The second-order valence-electron chi connectivity index (χ2n) is 4.39. The smallest absolute Gasteiger partial charge is 0.225 e. The summed E-state index contributed by atoms with van der Waals surface area (Å²) < 4.78 is 10.4. The summed E-state index contributed by atoms with van der Waals surface area (Å²) >= 11 is 0. The van der Waals surface area contributed by atoms with Gasteiger partial charge >= 0.3 is 0 Å². The molecule has 0 atom stereocenters. The minimum Gasteiger partial charge on any atom is -0.493 e. The van der Waals surface area contributed by atoms with E-state index in [-0.39, 0.29) is 5.91 Å². The number of hydrogen-bond acceptors (Lipinski definition) is 4. The summed E-state index contributed by atoms with van der Waals surface area (Å²) in [5.41, 5.74) is 0.715. The van der Waals surface area contributed by atoms with Crippen molar-refractivity contribution in [3.05, 3.63) is 18.2 Å². The van der Waals surface area contributed by atoms with E-state index in [1.165, 1.54) is 0 Å². The third-order valence-electron chi connectivity index (χ3n) is 3.22. The van der Waals surface area contributed by atoms with E-state index in [4.69, 9.17) is 9.47 Å². The third-order valence-corrected chi connectivity index (χ3v) is 3.22. The number of methoxy groups -OCH3 is 2. The molecule has 0 bridgehead atoms. The molecule has 0 aliphatic rings. The van der Waals surface area contributed by atoms with Crippen LogP contribution in [0.4, 0.5) is 5.69 Å². The Morgan fingerprint density at radius 3 is 2.35 bits per heavy atom. The van der Waals surface area contributed by atoms with E-state index in [1.807, 2.05) is 0 Å². The quantitative estimate of drug-likeness (QED) is 0.794. The number of carbonyl (C=O) groups is 1. The van der Waals surface area contributed by atoms with Crippen LogP contribution in [0.15, 0.2) is 18.2 Å². The average Bonchev–Trinajstić information content (AvgIpc) is 2.48. The fourth-order valence-corrected chi connectivity index (χ4v) is 1.94. The number of rotatable bonds is 8. The maximum absolute atomic E-state index is 11.9. The van der Waals surface area contributed by atoms with Gasteiger partial charge in [0.15, 0.2) is 11.5 Å². The van der Waals surface area contributed by atoms with Crippen LogP contribution in [-0.2, 0) is 4.79 Å². The molecule has 0 aromatic heterocycles. The van der Waals surface area contributed by atoms with Gasteiger partial charge in [-0.25, -0.2) is 0 Å². The van der Waals surface area contributed by atoms with Crippen molar-refractivity contribution in [2.75, 3.05) is 39.2 Å². The normalized spacial score (nSPS) is 10.4. The van der Waals surface area contributed by atoms with Crippen LogP contribution in [0.5, 0.6) is 11.5 Å². The number of benzene rings is 1. The van der Waals surface area contributed by atoms with Crippen LogP contribution in [-0.4, -0.2) is 44.7 Å². The standard InChI is InChI=1S/C15H24N2O3/c1-5-17(6-2)10-9-15(18)16-12-7-8-13(19-3)14(11-12)20-4/h7-8,11H,5-6,9-10H2,1-4H3,(H,16,18). The van der Waals surface area contributed by atoms with E-state index >= 15 is 0 Å². The molecule has 1 aromatic rings. The van der Waals surface area contributed by atoms with Gasteiger partial charge in [-0.2, -0.15) is 0 Å². The molecule has 0 aliphatic carbocycles. The van der Waals surface area contributed by atoms with Crippen LogP contribution < -0.4 is 14.8 Å². The Hall–Kier alpha value is -1.75. The van der Waals surface area contributed by atoms with Crippen molar-refractivity contribution in [3.63, 3.8) is 0 Å². The lowest BCUT2D eigenvalue weighted by atomic mass is 10.2. The van der Waals surface area contributed by atoms with Crippen LogP contribution in [0, 0.1) is 0 Å². The fraction of sp³-hybridized carbons (Fsp3) is 0.533. The number of anilines is 1. The van der Waals surface area contributed by atoms with Crippen LogP contribution in [0.2, 0.25) is 0 Å². The highest BCUT2D eigenvalue weighted by Gasteiger charge is 2.08. The SMILES string of the molecule is CCN(CC)CCC(=O)Nc1ccc(OC)c(OC)c1. The molecule has 1 N–H and O–H groups in total. The molecule has 0 spiro atoms. The van der Waals surface area contributed by atoms with Crippen molar-refractivity contribution in [2.24, 2.45) is 0 Å². The van der Waals surface area contributed by atoms with Crippen molar-refractivity contribution < 1.29 is 14.3 Å². The lowest BCUT2D eigenvalue weighted by molar-refractivity contribution is -0.116. The molecule has 5 heteroatoms. The second-order valence-corrected chi connectivity index (χ2v) is 4.39. The largest absolute Gasteiger partial charge is 0.493 e. The van der Waals surface area contributed by atoms with Gasteiger partial charge in [0.1, 0.15) is 0 Å². The van der Waals surface area contributed by atoms with Crippen molar-refractivity contribution in [1.82, 2.24) is 4.90 Å². The topological polar surface area (TPSA) is 50.8 Å². The molecule has 0 aliphatic heterocycles. The van der Waals surface area contributed by atoms with Crippen molar-refractivity contribution in [1.29, 1.82) is 0 Å². The molecular weight excluding hydrogens is 256 g/mol. The summed E-state index contributed by atoms with van der Waals surface area (Å²) in [7, 11) is 3.16. The molecule has 112 valence electrons. The summed E-state index contributed by atoms with van der Waals surface area (Å²) in [4.78, 5) is 14.1. The molecule has 0 saturated carbocycles. The van der Waals surface area contributed by atoms with Gasteiger partial charge in [-0.15, -0.1) is 0 Å². The lowest BCUT2D eigenvalue weighted by Gasteiger charge is -2.17. The van der Waals surface area contributed by atoms with Gasteiger partial charge < -0.3 is 19.7 Å². The van der Waals surface area contributed by atoms with E-state index in [1.54, 1.807) is 32.4 Å². The minimum absolute atomic E-state index is 0.00381. The third kappa shape index (κ3) is 4.74. The molecular formula is C15H24N2O3. The van der Waals surface area contributed by atoms with E-state index in [2.05, 4.69) is 24.1 Å². The number of ether oxygens (including phenoxy) is 2. The Bertz CT molecular complexity index is 431. The highest BCUT2D eigenvalue weighted by Crippen LogP contribution is 2.29. The molecule has 0 fully saturated rings. The molecule has 1 aromatic carbocycles. The monoisotopic (exact) mass is 280 g/mol. The van der Waals surface area contributed by atoms with Gasteiger partial charge in [0, 0.05) is 24.7 Å². The van der Waals surface area contributed by atoms with Crippen LogP contribution in [0.3, 0.4) is 0 Å². The van der Waals surface area contributed by atoms with Crippen molar-refractivity contribution in [3.8, 4) is 11.5 Å². The Balaban J connectivity index is 2.57. The first-order chi connectivity index (χ1) is 9.64. The fourth-order valence-electron chi connectivity index (χ4n) is 1.94. The van der Waals surface area contributed by atoms with Crippen molar-refractivity contribution in [2.45, 2.75) is 20.3 Å². The molecule has 0 radical (unpaired) electrons. The number of amides is 1. The van der Waals surface area contributed by atoms with Crippen molar-refractivity contribution >= 4 is 11.6 Å². The van der Waals surface area contributed by atoms with Crippen LogP contribution >= 0.6 is 0 Å². The van der Waals surface area contributed by atoms with Gasteiger partial charge in [0.05, 0.1) is 14.2 Å². The van der Waals surface area contributed by atoms with Gasteiger partial charge in [-0.1, -0.05) is 13.8 Å². The Morgan fingerprint density at radius 1 is 1.15 bits per heavy atom. The number of carbonyl (C=O) groups excluding carboxylic acids is 1. The molecule has 1 amide bonds. The van der Waals surface area contributed by atoms with E-state index in [9.17, 15) is 4.79 Å². The maximum Gasteiger partial charge on any atom is 0.225 e. The van der Waals surface area contributed by atoms with Gasteiger partial charge in [0.2, 0.25) is 5.91 Å². The first kappa shape index (κ1) is 16.3. The molecule has 20 heavy (non-hydrogen) atoms. The second kappa shape index (κ2) is 8.43. The Labute approximate surface area is 120 Å². The average molecular weight is 280 g/mol. The van der Waals surface area contributed by atoms with Gasteiger partial charge in [-0.05, 0) is 25.2 Å². The zero-order chi connectivity index (χ0) is 15.0. The zero-order valence-corrected chi connectivity index (χ0v) is 12.7. The number of nitrogens with one attached hydrogen (secondary N) is 1. The summed E-state index contributed by atoms with van der Waals surface area (Å²) in [5.74, 6) is 1.26. The lowest BCUT2D eigenvalue weighted by Crippen LogP contribution is -2.27. The highest BCUT2D eigenvalue weighted by molar-refractivity contribution is 5.91. The first-order valence-corrected chi connectivity index (χ1v) is 6.88. The summed E-state index contributed by atoms with van der Waals surface area (Å²) in [6.07, 6.45) is 0.482. The Morgan fingerprint density at radius 2 is 1.80 bits per heavy atom. The maximum atomic E-state index is 11.9. The number of hydrogen-bond donors (Lipinski definition) is 1. The molecule has 0 unspecified atom stereocenters. The zero-order valence-electron chi connectivity index (χ0n) is 12.7. The summed E-state index contributed by atoms with van der Waals surface area (Å²) in [6.45, 7) is 6.87. The summed E-state index contributed by atoms with van der Waals surface area (Å²) in [5, 5.41) is 2.87. The van der Waals surface area contributed by atoms with Crippen LogP contribution in [0.25, 0.3) is 0 Å².